The van der Waals surface area contributed by atoms with E-state index in [0.29, 0.717) is 11.1 Å². The highest BCUT2D eigenvalue weighted by Gasteiger charge is 2.46. The third-order valence-corrected chi connectivity index (χ3v) is 11.2. The molecule has 0 saturated carbocycles. The second-order valence-corrected chi connectivity index (χ2v) is 15.3. The van der Waals surface area contributed by atoms with Crippen LogP contribution >= 0.6 is 15.6 Å². The molecule has 3 aromatic heterocycles. The number of rotatable bonds is 13. The van der Waals surface area contributed by atoms with Crippen LogP contribution in [0.4, 0.5) is 5.82 Å². The van der Waals surface area contributed by atoms with Crippen LogP contribution < -0.4 is 22.4 Å². The number of ether oxygens (including phenoxy) is 1. The van der Waals surface area contributed by atoms with E-state index in [-0.39, 0.29) is 39.5 Å². The molecule has 3 aromatic rings. The largest absolute Gasteiger partial charge is 0.481 e. The number of benzene rings is 1. The summed E-state index contributed by atoms with van der Waals surface area (Å²) in [6, 6.07) is 1.48. The van der Waals surface area contributed by atoms with Gasteiger partial charge in [0.15, 0.2) is 23.2 Å². The lowest BCUT2D eigenvalue weighted by atomic mass is 10.0. The van der Waals surface area contributed by atoms with Crippen LogP contribution in [0.1, 0.15) is 17.4 Å². The van der Waals surface area contributed by atoms with Gasteiger partial charge in [-0.3, -0.25) is 33.2 Å². The lowest BCUT2D eigenvalue weighted by molar-refractivity contribution is -0.0794. The van der Waals surface area contributed by atoms with E-state index in [4.69, 9.17) is 10.5 Å². The van der Waals surface area contributed by atoms with Crippen molar-refractivity contribution in [2.45, 2.75) is 63.2 Å². The van der Waals surface area contributed by atoms with Crippen molar-refractivity contribution in [3.05, 3.63) is 60.9 Å². The number of nitrogen functional groups attached to an aromatic ring is 1. The van der Waals surface area contributed by atoms with Gasteiger partial charge >= 0.3 is 21.3 Å². The zero-order chi connectivity index (χ0) is 39.4. The minimum atomic E-state index is -5.58. The standard InChI is InChI=1S/C27H33N9O16P2/c1-9-3-11-15(18(39)10(9)2)32-17-24(33-27(44)34-25(17)43)35(11)4-12(37)19(40)13(38)5-49-53(45,46)52-54(47,48)50-6-14-20(41)21(42)26(51-14)36-8-31-16-22(28)29-7-30-23(16)36/h3,7-8,12-14,19-21,26,37-38,40-42H,4-6H2,1-2H3,(H,45,46)(H,47,48)(H2,28,29,30)(H2,33,34,43,44). The predicted octanol–water partition coefficient (Wildman–Crippen LogP) is -3.13. The number of aromatic nitrogens is 8. The number of phosphoric ester groups is 2. The lowest BCUT2D eigenvalue weighted by Gasteiger charge is -2.26. The quantitative estimate of drug-likeness (QED) is 0.0415. The van der Waals surface area contributed by atoms with Crippen molar-refractivity contribution in [1.29, 1.82) is 0 Å². The summed E-state index contributed by atoms with van der Waals surface area (Å²) in [5, 5.41) is 53.1. The summed E-state index contributed by atoms with van der Waals surface area (Å²) in [4.78, 5) is 78.0. The predicted molar refractivity (Wildman–Crippen MR) is 180 cm³/mol. The van der Waals surface area contributed by atoms with Gasteiger partial charge in [-0.25, -0.2) is 33.9 Å². The average Bonchev–Trinajstić information content (AvgIpc) is 3.65. The molecule has 0 aromatic carbocycles. The number of aryl methyl sites for hydroxylation is 1. The Morgan fingerprint density at radius 3 is 2.41 bits per heavy atom. The molecule has 0 radical (unpaired) electrons. The Bertz CT molecular complexity index is 2470. The highest BCUT2D eigenvalue weighted by Crippen LogP contribution is 2.60. The molecule has 27 heteroatoms. The van der Waals surface area contributed by atoms with Crippen LogP contribution in [-0.4, -0.2) is 124 Å². The fraction of sp³-hybridized carbons (Fsp3) is 0.444. The van der Waals surface area contributed by atoms with Crippen LogP contribution in [0.3, 0.4) is 0 Å². The van der Waals surface area contributed by atoms with Crippen molar-refractivity contribution >= 4 is 43.8 Å². The molecule has 3 aliphatic rings. The number of imidazole rings is 1. The molecule has 2 aliphatic heterocycles. The molecule has 25 nitrogen and oxygen atoms in total. The first-order chi connectivity index (χ1) is 25.3. The molecule has 1 aliphatic carbocycles. The fourth-order valence-corrected chi connectivity index (χ4v) is 7.77. The summed E-state index contributed by atoms with van der Waals surface area (Å²) in [6.45, 7) is 0.190. The summed E-state index contributed by atoms with van der Waals surface area (Å²) in [6.07, 6.45) is -10.2. The van der Waals surface area contributed by atoms with Crippen LogP contribution in [0, 0.1) is 13.8 Å². The van der Waals surface area contributed by atoms with Crippen LogP contribution in [-0.2, 0) is 33.8 Å². The number of hydrogen-bond donors (Lipinski definition) is 10. The third kappa shape index (κ3) is 7.63. The molecule has 9 atom stereocenters. The first-order valence-electron chi connectivity index (χ1n) is 15.6. The van der Waals surface area contributed by atoms with Crippen molar-refractivity contribution in [3.8, 4) is 11.4 Å². The third-order valence-electron chi connectivity index (χ3n) is 8.60. The topological polar surface area (TPSA) is 383 Å². The van der Waals surface area contributed by atoms with Gasteiger partial charge in [0.25, 0.3) is 5.56 Å². The maximum Gasteiger partial charge on any atom is 0.481 e. The smallest absolute Gasteiger partial charge is 0.388 e. The van der Waals surface area contributed by atoms with Crippen LogP contribution in [0.2, 0.25) is 0 Å². The van der Waals surface area contributed by atoms with E-state index in [1.807, 2.05) is 4.98 Å². The molecule has 9 unspecified atom stereocenters. The Labute approximate surface area is 299 Å². The van der Waals surface area contributed by atoms with Gasteiger partial charge in [-0.05, 0) is 25.5 Å². The van der Waals surface area contributed by atoms with Crippen molar-refractivity contribution in [2.24, 2.45) is 0 Å². The minimum Gasteiger partial charge on any atom is -0.388 e. The molecule has 5 heterocycles. The maximum absolute atomic E-state index is 13.0. The van der Waals surface area contributed by atoms with Crippen molar-refractivity contribution < 1.29 is 62.5 Å². The van der Waals surface area contributed by atoms with E-state index in [9.17, 15) is 58.8 Å². The molecule has 11 N–H and O–H groups in total. The number of nitrogens with one attached hydrogen (secondary N) is 2. The second-order valence-electron chi connectivity index (χ2n) is 12.2. The Kier molecular flexibility index (Phi) is 10.7. The van der Waals surface area contributed by atoms with Crippen molar-refractivity contribution in [3.63, 3.8) is 0 Å². The van der Waals surface area contributed by atoms with Gasteiger partial charge in [0.05, 0.1) is 31.8 Å². The average molecular weight is 802 g/mol. The van der Waals surface area contributed by atoms with Gasteiger partial charge in [0.1, 0.15) is 59.8 Å². The van der Waals surface area contributed by atoms with E-state index in [2.05, 4.69) is 38.3 Å². The molecule has 292 valence electrons. The summed E-state index contributed by atoms with van der Waals surface area (Å²) in [5.74, 6) is 0.0211. The summed E-state index contributed by atoms with van der Waals surface area (Å²) >= 11 is 0. The normalized spacial score (nSPS) is 23.1. The van der Waals surface area contributed by atoms with E-state index < -0.39 is 94.9 Å². The molecular weight excluding hydrogens is 768 g/mol. The Morgan fingerprint density at radius 2 is 1.69 bits per heavy atom. The van der Waals surface area contributed by atoms with Crippen LogP contribution in [0.25, 0.3) is 33.7 Å². The highest BCUT2D eigenvalue weighted by atomic mass is 31.3. The second kappa shape index (κ2) is 14.7. The first kappa shape index (κ1) is 39.4. The summed E-state index contributed by atoms with van der Waals surface area (Å²) in [7, 11) is -11.1. The zero-order valence-electron chi connectivity index (χ0n) is 27.9. The minimum absolute atomic E-state index is 0.0211. The van der Waals surface area contributed by atoms with Crippen LogP contribution in [0.15, 0.2) is 33.1 Å². The van der Waals surface area contributed by atoms with Gasteiger partial charge in [-0.1, -0.05) is 0 Å². The number of fused-ring (bicyclic) bond motifs is 3. The number of nitrogens with zero attached hydrogens (tertiary/aromatic N) is 6. The van der Waals surface area contributed by atoms with Gasteiger partial charge in [0.2, 0.25) is 5.43 Å². The molecule has 0 spiro atoms. The Morgan fingerprint density at radius 1 is 0.981 bits per heavy atom. The molecular formula is C27H33N9O16P2. The number of anilines is 1. The first-order valence-corrected chi connectivity index (χ1v) is 18.6. The number of H-pyrrole nitrogens is 2. The van der Waals surface area contributed by atoms with Gasteiger partial charge in [0, 0.05) is 5.56 Å². The number of nitrogens with two attached hydrogens (primary N) is 1. The number of hydrogen-bond acceptors (Lipinski definition) is 19. The van der Waals surface area contributed by atoms with Gasteiger partial charge < -0.3 is 50.4 Å². The fourth-order valence-electron chi connectivity index (χ4n) is 5.68. The van der Waals surface area contributed by atoms with E-state index in [1.165, 1.54) is 23.9 Å². The zero-order valence-corrected chi connectivity index (χ0v) is 29.6. The van der Waals surface area contributed by atoms with Gasteiger partial charge in [-0.2, -0.15) is 4.31 Å². The number of aliphatic hydroxyl groups excluding tert-OH is 5. The SMILES string of the molecule is Cc1cc2n(CC(O)C(O)C(O)COP(=O)(O)OP(=O)(O)OCC3OC(n4cnc5c(N)ncnc54)C(O)C3O)c3[nH]c(=O)[nH]c(=O)c3nc-2c(=O)c1C. The highest BCUT2D eigenvalue weighted by molar-refractivity contribution is 7.61. The number of phosphoric acid groups is 2. The van der Waals surface area contributed by atoms with Crippen molar-refractivity contribution in [1.82, 2.24) is 39.0 Å². The van der Waals surface area contributed by atoms with Crippen molar-refractivity contribution in [2.75, 3.05) is 18.9 Å². The Hall–Kier alpha value is -4.33. The number of aromatic amines is 2. The molecule has 0 bridgehead atoms. The monoisotopic (exact) mass is 801 g/mol. The van der Waals surface area contributed by atoms with Gasteiger partial charge in [-0.15, -0.1) is 0 Å². The molecule has 1 saturated heterocycles. The van der Waals surface area contributed by atoms with E-state index in [1.54, 1.807) is 6.92 Å². The molecule has 6 rings (SSSR count). The summed E-state index contributed by atoms with van der Waals surface area (Å²) in [5.41, 5.74) is 3.55. The summed E-state index contributed by atoms with van der Waals surface area (Å²) < 4.78 is 46.4. The molecule has 1 fully saturated rings. The Balaban J connectivity index is 1.08. The lowest BCUT2D eigenvalue weighted by Crippen LogP contribution is -2.42. The number of aliphatic hydroxyl groups is 5. The molecule has 0 amide bonds. The van der Waals surface area contributed by atoms with Crippen LogP contribution in [0.5, 0.6) is 0 Å². The van der Waals surface area contributed by atoms with E-state index in [0.717, 1.165) is 10.9 Å². The molecule has 54 heavy (non-hydrogen) atoms. The van der Waals surface area contributed by atoms with E-state index >= 15 is 0 Å². The maximum atomic E-state index is 13.0.